The topological polar surface area (TPSA) is 143 Å². The summed E-state index contributed by atoms with van der Waals surface area (Å²) in [4.78, 5) is 28.4. The summed E-state index contributed by atoms with van der Waals surface area (Å²) in [6, 6.07) is 5.26. The van der Waals surface area contributed by atoms with Gasteiger partial charge in [0, 0.05) is 25.7 Å². The number of benzene rings is 1. The number of carbonyl (C=O) groups is 2. The van der Waals surface area contributed by atoms with Gasteiger partial charge in [0.15, 0.2) is 11.6 Å². The number of nitrogens with zero attached hydrogens (tertiary/aromatic N) is 1. The predicted molar refractivity (Wildman–Crippen MR) is 97.5 cm³/mol. The number of rotatable bonds is 8. The van der Waals surface area contributed by atoms with Crippen molar-refractivity contribution in [3.8, 4) is 0 Å². The van der Waals surface area contributed by atoms with E-state index in [0.717, 1.165) is 12.1 Å². The number of aliphatic hydroxyl groups is 1. The molecule has 1 unspecified atom stereocenters. The minimum Gasteiger partial charge on any atom is -0.384 e. The maximum absolute atomic E-state index is 13.4. The van der Waals surface area contributed by atoms with E-state index in [2.05, 4.69) is 15.6 Å². The lowest BCUT2D eigenvalue weighted by Crippen LogP contribution is -2.51. The van der Waals surface area contributed by atoms with Gasteiger partial charge in [-0.3, -0.25) is 9.59 Å². The number of nitrogen functional groups attached to an aromatic ring is 1. The fourth-order valence-electron chi connectivity index (χ4n) is 2.34. The number of hydrogen-bond acceptors (Lipinski definition) is 6. The first kappa shape index (κ1) is 21.2. The first-order valence-corrected chi connectivity index (χ1v) is 8.40. The third-order valence-corrected chi connectivity index (χ3v) is 3.90. The average molecular weight is 393 g/mol. The highest BCUT2D eigenvalue weighted by Gasteiger charge is 2.24. The van der Waals surface area contributed by atoms with E-state index < -0.39 is 35.6 Å². The van der Waals surface area contributed by atoms with E-state index in [0.29, 0.717) is 11.4 Å². The SMILES string of the molecule is NCC(O)C(=O)N[C@@H](Cc1ccc(F)c(F)c1)C(=O)NCc1ccc(N)nc1. The van der Waals surface area contributed by atoms with Crippen molar-refractivity contribution in [1.82, 2.24) is 15.6 Å². The molecule has 2 aromatic rings. The summed E-state index contributed by atoms with van der Waals surface area (Å²) in [7, 11) is 0. The highest BCUT2D eigenvalue weighted by molar-refractivity contribution is 5.89. The Bertz CT molecular complexity index is 832. The molecule has 0 fully saturated rings. The van der Waals surface area contributed by atoms with Crippen molar-refractivity contribution in [2.75, 3.05) is 12.3 Å². The second-order valence-corrected chi connectivity index (χ2v) is 6.07. The van der Waals surface area contributed by atoms with Crippen LogP contribution in [-0.2, 0) is 22.6 Å². The van der Waals surface area contributed by atoms with Gasteiger partial charge in [0.05, 0.1) is 0 Å². The molecule has 0 bridgehead atoms. The molecule has 0 aliphatic rings. The monoisotopic (exact) mass is 393 g/mol. The number of amides is 2. The minimum atomic E-state index is -1.50. The van der Waals surface area contributed by atoms with Crippen LogP contribution in [0.2, 0.25) is 0 Å². The third kappa shape index (κ3) is 5.96. The summed E-state index contributed by atoms with van der Waals surface area (Å²) in [6.45, 7) is -0.224. The van der Waals surface area contributed by atoms with Crippen molar-refractivity contribution in [3.63, 3.8) is 0 Å². The molecule has 1 aromatic carbocycles. The van der Waals surface area contributed by atoms with Crippen LogP contribution in [0.1, 0.15) is 11.1 Å². The molecule has 7 N–H and O–H groups in total. The van der Waals surface area contributed by atoms with Gasteiger partial charge in [0.1, 0.15) is 18.0 Å². The zero-order valence-corrected chi connectivity index (χ0v) is 14.9. The molecule has 1 aromatic heterocycles. The summed E-state index contributed by atoms with van der Waals surface area (Å²) in [5.74, 6) is -3.20. The van der Waals surface area contributed by atoms with Crippen LogP contribution in [0.4, 0.5) is 14.6 Å². The highest BCUT2D eigenvalue weighted by atomic mass is 19.2. The Morgan fingerprint density at radius 2 is 1.82 bits per heavy atom. The summed E-state index contributed by atoms with van der Waals surface area (Å²) < 4.78 is 26.5. The van der Waals surface area contributed by atoms with Crippen molar-refractivity contribution < 1.29 is 23.5 Å². The molecule has 10 heteroatoms. The van der Waals surface area contributed by atoms with Gasteiger partial charge in [-0.15, -0.1) is 0 Å². The van der Waals surface area contributed by atoms with E-state index in [1.807, 2.05) is 0 Å². The van der Waals surface area contributed by atoms with Crippen molar-refractivity contribution in [2.45, 2.75) is 25.1 Å². The van der Waals surface area contributed by atoms with Gasteiger partial charge in [-0.05, 0) is 29.3 Å². The smallest absolute Gasteiger partial charge is 0.250 e. The Morgan fingerprint density at radius 1 is 1.11 bits per heavy atom. The molecular weight excluding hydrogens is 372 g/mol. The number of halogens is 2. The van der Waals surface area contributed by atoms with Gasteiger partial charge in [0.25, 0.3) is 5.91 Å². The average Bonchev–Trinajstić information content (AvgIpc) is 2.68. The lowest BCUT2D eigenvalue weighted by atomic mass is 10.0. The van der Waals surface area contributed by atoms with Crippen LogP contribution in [0.15, 0.2) is 36.5 Å². The van der Waals surface area contributed by atoms with Gasteiger partial charge < -0.3 is 27.2 Å². The second-order valence-electron chi connectivity index (χ2n) is 6.07. The molecule has 0 aliphatic heterocycles. The van der Waals surface area contributed by atoms with E-state index in [4.69, 9.17) is 11.5 Å². The van der Waals surface area contributed by atoms with Crippen molar-refractivity contribution in [2.24, 2.45) is 5.73 Å². The molecule has 0 saturated carbocycles. The minimum absolute atomic E-state index is 0.107. The molecule has 0 aliphatic carbocycles. The molecule has 1 heterocycles. The van der Waals surface area contributed by atoms with E-state index in [1.54, 1.807) is 12.1 Å². The molecule has 0 radical (unpaired) electrons. The fraction of sp³-hybridized carbons (Fsp3) is 0.278. The number of anilines is 1. The Labute approximate surface area is 159 Å². The van der Waals surface area contributed by atoms with Gasteiger partial charge in [-0.2, -0.15) is 0 Å². The molecular formula is C18H21F2N5O3. The number of nitrogens with one attached hydrogen (secondary N) is 2. The van der Waals surface area contributed by atoms with Crippen molar-refractivity contribution in [1.29, 1.82) is 0 Å². The normalized spacial score (nSPS) is 12.9. The Kier molecular flexibility index (Phi) is 7.36. The van der Waals surface area contributed by atoms with Gasteiger partial charge in [-0.1, -0.05) is 12.1 Å². The van der Waals surface area contributed by atoms with Gasteiger partial charge >= 0.3 is 0 Å². The zero-order chi connectivity index (χ0) is 20.7. The highest BCUT2D eigenvalue weighted by Crippen LogP contribution is 2.11. The molecule has 2 amide bonds. The first-order chi connectivity index (χ1) is 13.3. The quantitative estimate of drug-likeness (QED) is 0.413. The Hall–Kier alpha value is -3.11. The van der Waals surface area contributed by atoms with E-state index in [1.165, 1.54) is 12.3 Å². The third-order valence-electron chi connectivity index (χ3n) is 3.90. The first-order valence-electron chi connectivity index (χ1n) is 8.40. The molecule has 8 nitrogen and oxygen atoms in total. The summed E-state index contributed by atoms with van der Waals surface area (Å²) in [6.07, 6.45) is -0.135. The molecule has 2 rings (SSSR count). The van der Waals surface area contributed by atoms with Crippen LogP contribution in [0, 0.1) is 11.6 Å². The van der Waals surface area contributed by atoms with Gasteiger partial charge in [0.2, 0.25) is 5.91 Å². The largest absolute Gasteiger partial charge is 0.384 e. The summed E-state index contributed by atoms with van der Waals surface area (Å²) >= 11 is 0. The van der Waals surface area contributed by atoms with Crippen LogP contribution in [-0.4, -0.2) is 40.6 Å². The van der Waals surface area contributed by atoms with E-state index in [9.17, 15) is 23.5 Å². The number of hydrogen-bond donors (Lipinski definition) is 5. The van der Waals surface area contributed by atoms with Crippen LogP contribution < -0.4 is 22.1 Å². The van der Waals surface area contributed by atoms with Crippen LogP contribution in [0.25, 0.3) is 0 Å². The molecule has 150 valence electrons. The number of aromatic nitrogens is 1. The summed E-state index contributed by atoms with van der Waals surface area (Å²) in [5.41, 5.74) is 11.7. The standard InChI is InChI=1S/C18H21F2N5O3/c19-12-3-1-10(5-13(12)20)6-14(25-18(28)15(26)7-21)17(27)24-9-11-2-4-16(22)23-8-11/h1-5,8,14-15,26H,6-7,9,21H2,(H2,22,23)(H,24,27)(H,25,28)/t14-,15?/m0/s1. The summed E-state index contributed by atoms with van der Waals surface area (Å²) in [5, 5.41) is 14.5. The predicted octanol–water partition coefficient (Wildman–Crippen LogP) is -0.395. The van der Waals surface area contributed by atoms with E-state index >= 15 is 0 Å². The number of pyridine rings is 1. The fourth-order valence-corrected chi connectivity index (χ4v) is 2.34. The molecule has 28 heavy (non-hydrogen) atoms. The lowest BCUT2D eigenvalue weighted by molar-refractivity contribution is -0.133. The molecule has 0 spiro atoms. The van der Waals surface area contributed by atoms with Gasteiger partial charge in [-0.25, -0.2) is 13.8 Å². The van der Waals surface area contributed by atoms with Crippen molar-refractivity contribution >= 4 is 17.6 Å². The Morgan fingerprint density at radius 3 is 2.43 bits per heavy atom. The number of nitrogens with two attached hydrogens (primary N) is 2. The molecule has 2 atom stereocenters. The van der Waals surface area contributed by atoms with Crippen molar-refractivity contribution in [3.05, 3.63) is 59.3 Å². The lowest BCUT2D eigenvalue weighted by Gasteiger charge is -2.20. The zero-order valence-electron chi connectivity index (χ0n) is 14.9. The van der Waals surface area contributed by atoms with Crippen LogP contribution in [0.5, 0.6) is 0 Å². The maximum atomic E-state index is 13.4. The molecule has 0 saturated heterocycles. The number of carbonyl (C=O) groups excluding carboxylic acids is 2. The maximum Gasteiger partial charge on any atom is 0.250 e. The number of aliphatic hydroxyl groups excluding tert-OH is 1. The second kappa shape index (κ2) is 9.72. The van der Waals surface area contributed by atoms with E-state index in [-0.39, 0.29) is 25.1 Å². The van der Waals surface area contributed by atoms with Crippen LogP contribution in [0.3, 0.4) is 0 Å². The Balaban J connectivity index is 2.11. The van der Waals surface area contributed by atoms with Crippen LogP contribution >= 0.6 is 0 Å².